The molecule has 1 aromatic carbocycles. The van der Waals surface area contributed by atoms with Crippen LogP contribution in [0.15, 0.2) is 18.2 Å². The molecule has 3 rings (SSSR count). The van der Waals surface area contributed by atoms with Crippen molar-refractivity contribution in [2.75, 3.05) is 0 Å². The van der Waals surface area contributed by atoms with Crippen LogP contribution in [0.2, 0.25) is 0 Å². The highest BCUT2D eigenvalue weighted by Gasteiger charge is 2.17. The summed E-state index contributed by atoms with van der Waals surface area (Å²) in [5.74, 6) is -0.839. The zero-order valence-corrected chi connectivity index (χ0v) is 9.16. The molecule has 1 aromatic heterocycles. The van der Waals surface area contributed by atoms with Crippen LogP contribution >= 0.6 is 0 Å². The van der Waals surface area contributed by atoms with Gasteiger partial charge in [0.1, 0.15) is 0 Å². The molecule has 2 aromatic rings. The number of benzene rings is 1. The second-order valence-corrected chi connectivity index (χ2v) is 4.42. The molecule has 0 aliphatic carbocycles. The summed E-state index contributed by atoms with van der Waals surface area (Å²) in [6.07, 6.45) is 2.09. The molecule has 1 N–H and O–H groups in total. The van der Waals surface area contributed by atoms with Gasteiger partial charge in [0, 0.05) is 17.6 Å². The molecule has 1 aliphatic heterocycles. The molecule has 1 aliphatic rings. The number of carboxylic acid groups (broad SMARTS) is 1. The van der Waals surface area contributed by atoms with Gasteiger partial charge in [0.15, 0.2) is 0 Å². The molecule has 0 amide bonds. The summed E-state index contributed by atoms with van der Waals surface area (Å²) in [6, 6.07) is 5.67. The van der Waals surface area contributed by atoms with Crippen LogP contribution in [0.3, 0.4) is 0 Å². The Labute approximate surface area is 93.3 Å². The molecule has 0 radical (unpaired) electrons. The number of carbonyl (C=O) groups is 1. The van der Waals surface area contributed by atoms with E-state index in [9.17, 15) is 4.79 Å². The van der Waals surface area contributed by atoms with Crippen LogP contribution in [-0.4, -0.2) is 15.6 Å². The predicted octanol–water partition coefficient (Wildman–Crippen LogP) is 2.59. The van der Waals surface area contributed by atoms with E-state index in [-0.39, 0.29) is 0 Å². The summed E-state index contributed by atoms with van der Waals surface area (Å²) < 4.78 is 2.29. The van der Waals surface area contributed by atoms with Gasteiger partial charge in [-0.05, 0) is 43.5 Å². The van der Waals surface area contributed by atoms with Gasteiger partial charge < -0.3 is 9.67 Å². The molecule has 0 atom stereocenters. The fourth-order valence-corrected chi connectivity index (χ4v) is 2.67. The Kier molecular flexibility index (Phi) is 1.84. The molecular formula is C13H13NO2. The molecule has 0 spiro atoms. The highest BCUT2D eigenvalue weighted by Crippen LogP contribution is 2.29. The van der Waals surface area contributed by atoms with Crippen LogP contribution in [0.25, 0.3) is 10.9 Å². The van der Waals surface area contributed by atoms with E-state index < -0.39 is 5.97 Å². The molecule has 0 unspecified atom stereocenters. The van der Waals surface area contributed by atoms with Crippen molar-refractivity contribution in [2.45, 2.75) is 26.3 Å². The second-order valence-electron chi connectivity index (χ2n) is 4.42. The number of hydrogen-bond acceptors (Lipinski definition) is 1. The van der Waals surface area contributed by atoms with Gasteiger partial charge in [-0.2, -0.15) is 0 Å². The first-order valence-corrected chi connectivity index (χ1v) is 5.53. The van der Waals surface area contributed by atoms with Crippen molar-refractivity contribution in [3.63, 3.8) is 0 Å². The lowest BCUT2D eigenvalue weighted by Gasteiger charge is -2.17. The average molecular weight is 215 g/mol. The fourth-order valence-electron chi connectivity index (χ4n) is 2.67. The first-order valence-electron chi connectivity index (χ1n) is 5.53. The van der Waals surface area contributed by atoms with Gasteiger partial charge >= 0.3 is 5.97 Å². The van der Waals surface area contributed by atoms with Gasteiger partial charge in [0.2, 0.25) is 0 Å². The highest BCUT2D eigenvalue weighted by molar-refractivity contribution is 5.95. The molecule has 0 fully saturated rings. The number of aryl methyl sites for hydroxylation is 3. The molecule has 3 heteroatoms. The van der Waals surface area contributed by atoms with E-state index >= 15 is 0 Å². The van der Waals surface area contributed by atoms with Crippen molar-refractivity contribution in [3.8, 4) is 0 Å². The van der Waals surface area contributed by atoms with E-state index in [1.807, 2.05) is 6.07 Å². The summed E-state index contributed by atoms with van der Waals surface area (Å²) in [4.78, 5) is 11.0. The Balaban J connectivity index is 2.39. The molecule has 82 valence electrons. The van der Waals surface area contributed by atoms with E-state index in [1.54, 1.807) is 6.07 Å². The zero-order chi connectivity index (χ0) is 11.3. The molecular weight excluding hydrogens is 202 g/mol. The SMILES string of the molecule is Cc1cc2cc(C(=O)O)cc3c2n1CCC3. The third kappa shape index (κ3) is 1.18. The lowest BCUT2D eigenvalue weighted by atomic mass is 10.0. The van der Waals surface area contributed by atoms with E-state index in [0.717, 1.165) is 24.8 Å². The van der Waals surface area contributed by atoms with Gasteiger partial charge in [-0.15, -0.1) is 0 Å². The van der Waals surface area contributed by atoms with Crippen LogP contribution in [-0.2, 0) is 13.0 Å². The third-order valence-electron chi connectivity index (χ3n) is 3.35. The van der Waals surface area contributed by atoms with Crippen molar-refractivity contribution in [1.29, 1.82) is 0 Å². The van der Waals surface area contributed by atoms with Crippen LogP contribution < -0.4 is 0 Å². The van der Waals surface area contributed by atoms with Crippen LogP contribution in [0.1, 0.15) is 28.0 Å². The quantitative estimate of drug-likeness (QED) is 0.794. The molecule has 3 nitrogen and oxygen atoms in total. The Bertz CT molecular complexity index is 595. The minimum Gasteiger partial charge on any atom is -0.478 e. The van der Waals surface area contributed by atoms with Crippen molar-refractivity contribution in [2.24, 2.45) is 0 Å². The lowest BCUT2D eigenvalue weighted by Crippen LogP contribution is -2.09. The zero-order valence-electron chi connectivity index (χ0n) is 9.16. The number of carboxylic acids is 1. The molecule has 16 heavy (non-hydrogen) atoms. The van der Waals surface area contributed by atoms with Crippen molar-refractivity contribution in [1.82, 2.24) is 4.57 Å². The normalized spacial score (nSPS) is 14.3. The van der Waals surface area contributed by atoms with Crippen LogP contribution in [0.5, 0.6) is 0 Å². The Hall–Kier alpha value is -1.77. The Morgan fingerprint density at radius 2 is 2.19 bits per heavy atom. The summed E-state index contributed by atoms with van der Waals surface area (Å²) in [5.41, 5.74) is 4.03. The number of aromatic nitrogens is 1. The summed E-state index contributed by atoms with van der Waals surface area (Å²) in [7, 11) is 0. The maximum atomic E-state index is 11.0. The largest absolute Gasteiger partial charge is 0.478 e. The third-order valence-corrected chi connectivity index (χ3v) is 3.35. The minimum atomic E-state index is -0.839. The number of nitrogens with zero attached hydrogens (tertiary/aromatic N) is 1. The van der Waals surface area contributed by atoms with Gasteiger partial charge in [-0.3, -0.25) is 0 Å². The molecule has 0 saturated carbocycles. The van der Waals surface area contributed by atoms with Crippen LogP contribution in [0.4, 0.5) is 0 Å². The topological polar surface area (TPSA) is 42.2 Å². The van der Waals surface area contributed by atoms with Gasteiger partial charge in [-0.1, -0.05) is 0 Å². The number of aromatic carboxylic acids is 1. The smallest absolute Gasteiger partial charge is 0.335 e. The minimum absolute atomic E-state index is 0.404. The standard InChI is InChI=1S/C13H13NO2/c1-8-5-10-7-11(13(15)16)6-9-3-2-4-14(8)12(9)10/h5-7H,2-4H2,1H3,(H,15,16). The maximum Gasteiger partial charge on any atom is 0.335 e. The van der Waals surface area contributed by atoms with E-state index in [0.29, 0.717) is 5.56 Å². The molecule has 2 heterocycles. The van der Waals surface area contributed by atoms with Crippen molar-refractivity contribution in [3.05, 3.63) is 35.0 Å². The fraction of sp³-hybridized carbons (Fsp3) is 0.308. The summed E-state index contributed by atoms with van der Waals surface area (Å²) in [5, 5.41) is 10.1. The Morgan fingerprint density at radius 1 is 1.38 bits per heavy atom. The first-order chi connectivity index (χ1) is 7.66. The van der Waals surface area contributed by atoms with E-state index in [1.165, 1.54) is 16.8 Å². The van der Waals surface area contributed by atoms with Crippen molar-refractivity contribution < 1.29 is 9.90 Å². The monoisotopic (exact) mass is 215 g/mol. The number of rotatable bonds is 1. The van der Waals surface area contributed by atoms with E-state index in [2.05, 4.69) is 17.6 Å². The van der Waals surface area contributed by atoms with Gasteiger partial charge in [0.05, 0.1) is 11.1 Å². The van der Waals surface area contributed by atoms with Gasteiger partial charge in [-0.25, -0.2) is 4.79 Å². The number of hydrogen-bond donors (Lipinski definition) is 1. The molecule has 0 bridgehead atoms. The van der Waals surface area contributed by atoms with Crippen molar-refractivity contribution >= 4 is 16.9 Å². The lowest BCUT2D eigenvalue weighted by molar-refractivity contribution is 0.0697. The van der Waals surface area contributed by atoms with E-state index in [4.69, 9.17) is 5.11 Å². The highest BCUT2D eigenvalue weighted by atomic mass is 16.4. The predicted molar refractivity (Wildman–Crippen MR) is 62.0 cm³/mol. The van der Waals surface area contributed by atoms with Gasteiger partial charge in [0.25, 0.3) is 0 Å². The summed E-state index contributed by atoms with van der Waals surface area (Å²) >= 11 is 0. The summed E-state index contributed by atoms with van der Waals surface area (Å²) in [6.45, 7) is 3.13. The average Bonchev–Trinajstić information content (AvgIpc) is 2.58. The first kappa shape index (κ1) is 9.46. The van der Waals surface area contributed by atoms with Crippen LogP contribution in [0, 0.1) is 6.92 Å². The molecule has 0 saturated heterocycles. The Morgan fingerprint density at radius 3 is 2.94 bits per heavy atom. The second kappa shape index (κ2) is 3.11. The maximum absolute atomic E-state index is 11.0.